The van der Waals surface area contributed by atoms with Gasteiger partial charge < -0.3 is 15.8 Å². The van der Waals surface area contributed by atoms with Crippen LogP contribution in [-0.4, -0.2) is 29.6 Å². The molecule has 6 heteroatoms. The molecule has 0 spiro atoms. The number of nitrogens with two attached hydrogens (primary N) is 1. The molecule has 0 radical (unpaired) electrons. The van der Waals surface area contributed by atoms with Gasteiger partial charge in [0.05, 0.1) is 5.56 Å². The van der Waals surface area contributed by atoms with E-state index in [9.17, 15) is 0 Å². The van der Waals surface area contributed by atoms with Crippen LogP contribution in [0.2, 0.25) is 0 Å². The first-order chi connectivity index (χ1) is 9.33. The van der Waals surface area contributed by atoms with Crippen molar-refractivity contribution in [2.45, 2.75) is 12.8 Å². The predicted octanol–water partition coefficient (Wildman–Crippen LogP) is 2.63. The molecule has 5 nitrogen and oxygen atoms in total. The largest absolute Gasteiger partial charge is 0.385 e. The molecule has 0 bridgehead atoms. The second-order valence-electron chi connectivity index (χ2n) is 4.13. The van der Waals surface area contributed by atoms with Crippen molar-refractivity contribution in [3.8, 4) is 11.1 Å². The molecule has 0 aliphatic rings. The van der Waals surface area contributed by atoms with Crippen molar-refractivity contribution in [1.29, 1.82) is 0 Å². The van der Waals surface area contributed by atoms with Gasteiger partial charge in [0.1, 0.15) is 10.8 Å². The fourth-order valence-electron chi connectivity index (χ4n) is 1.79. The minimum Gasteiger partial charge on any atom is -0.385 e. The molecule has 0 unspecified atom stereocenters. The topological polar surface area (TPSA) is 73.1 Å². The predicted molar refractivity (Wildman–Crippen MR) is 79.4 cm³/mol. The van der Waals surface area contributed by atoms with Crippen molar-refractivity contribution < 1.29 is 4.74 Å². The van der Waals surface area contributed by atoms with Crippen LogP contribution in [0.5, 0.6) is 0 Å². The molecule has 19 heavy (non-hydrogen) atoms. The molecule has 2 aromatic rings. The van der Waals surface area contributed by atoms with Gasteiger partial charge in [-0.15, -0.1) is 0 Å². The van der Waals surface area contributed by atoms with Crippen LogP contribution in [0.4, 0.5) is 10.8 Å². The Labute approximate surface area is 117 Å². The summed E-state index contributed by atoms with van der Waals surface area (Å²) in [6, 6.07) is 3.88. The van der Waals surface area contributed by atoms with Gasteiger partial charge in [0.25, 0.3) is 0 Å². The zero-order valence-corrected chi connectivity index (χ0v) is 11.7. The van der Waals surface area contributed by atoms with Crippen LogP contribution in [0.1, 0.15) is 12.8 Å². The first-order valence-corrected chi connectivity index (χ1v) is 6.98. The molecule has 2 rings (SSSR count). The monoisotopic (exact) mass is 278 g/mol. The maximum absolute atomic E-state index is 5.94. The Bertz CT molecular complexity index is 501. The van der Waals surface area contributed by atoms with E-state index < -0.39 is 0 Å². The number of pyridine rings is 1. The molecular formula is C13H18N4OS. The standard InChI is InChI=1S/C13H18N4OS/c1-18-9-3-2-6-16-13-11(12(14)17-19-13)10-4-7-15-8-5-10/h4-5,7-8,16H,2-3,6,9H2,1H3,(H2,14,17). The van der Waals surface area contributed by atoms with Gasteiger partial charge in [0, 0.05) is 32.7 Å². The third kappa shape index (κ3) is 3.65. The van der Waals surface area contributed by atoms with Gasteiger partial charge in [0.2, 0.25) is 0 Å². The third-order valence-electron chi connectivity index (χ3n) is 2.75. The van der Waals surface area contributed by atoms with Crippen molar-refractivity contribution in [2.75, 3.05) is 31.3 Å². The van der Waals surface area contributed by atoms with Crippen LogP contribution >= 0.6 is 11.5 Å². The Kier molecular flexibility index (Phi) is 5.11. The number of aromatic nitrogens is 2. The highest BCUT2D eigenvalue weighted by molar-refractivity contribution is 7.11. The minimum absolute atomic E-state index is 0.565. The van der Waals surface area contributed by atoms with E-state index in [1.165, 1.54) is 11.5 Å². The number of nitrogens with zero attached hydrogens (tertiary/aromatic N) is 2. The van der Waals surface area contributed by atoms with Gasteiger partial charge in [0.15, 0.2) is 0 Å². The second-order valence-corrected chi connectivity index (χ2v) is 4.91. The van der Waals surface area contributed by atoms with E-state index in [0.717, 1.165) is 42.1 Å². The lowest BCUT2D eigenvalue weighted by Gasteiger charge is -2.07. The Hall–Kier alpha value is -1.66. The highest BCUT2D eigenvalue weighted by Gasteiger charge is 2.12. The number of rotatable bonds is 7. The molecular weight excluding hydrogens is 260 g/mol. The van der Waals surface area contributed by atoms with Crippen molar-refractivity contribution >= 4 is 22.4 Å². The Balaban J connectivity index is 2.02. The van der Waals surface area contributed by atoms with Crippen LogP contribution in [-0.2, 0) is 4.74 Å². The summed E-state index contributed by atoms with van der Waals surface area (Å²) in [6.07, 6.45) is 5.62. The summed E-state index contributed by atoms with van der Waals surface area (Å²) in [5.41, 5.74) is 7.96. The minimum atomic E-state index is 0.565. The SMILES string of the molecule is COCCCCNc1snc(N)c1-c1ccncc1. The number of methoxy groups -OCH3 is 1. The Morgan fingerprint density at radius 1 is 1.32 bits per heavy atom. The van der Waals surface area contributed by atoms with Crippen molar-refractivity contribution in [2.24, 2.45) is 0 Å². The molecule has 0 atom stereocenters. The molecule has 0 saturated carbocycles. The molecule has 102 valence electrons. The summed E-state index contributed by atoms with van der Waals surface area (Å²) in [4.78, 5) is 4.02. The summed E-state index contributed by atoms with van der Waals surface area (Å²) < 4.78 is 9.25. The summed E-state index contributed by atoms with van der Waals surface area (Å²) in [7, 11) is 1.72. The van der Waals surface area contributed by atoms with E-state index in [1.54, 1.807) is 19.5 Å². The molecule has 0 saturated heterocycles. The first-order valence-electron chi connectivity index (χ1n) is 6.21. The fourth-order valence-corrected chi connectivity index (χ4v) is 2.56. The Morgan fingerprint density at radius 3 is 2.84 bits per heavy atom. The maximum atomic E-state index is 5.94. The molecule has 0 aliphatic heterocycles. The first kappa shape index (κ1) is 13.8. The average molecular weight is 278 g/mol. The van der Waals surface area contributed by atoms with E-state index in [4.69, 9.17) is 10.5 Å². The summed E-state index contributed by atoms with van der Waals surface area (Å²) >= 11 is 1.40. The van der Waals surface area contributed by atoms with E-state index in [-0.39, 0.29) is 0 Å². The maximum Gasteiger partial charge on any atom is 0.147 e. The van der Waals surface area contributed by atoms with E-state index >= 15 is 0 Å². The fraction of sp³-hybridized carbons (Fsp3) is 0.385. The second kappa shape index (κ2) is 7.06. The summed E-state index contributed by atoms with van der Waals surface area (Å²) in [5.74, 6) is 0.565. The molecule has 0 aliphatic carbocycles. The van der Waals surface area contributed by atoms with Crippen LogP contribution < -0.4 is 11.1 Å². The van der Waals surface area contributed by atoms with Gasteiger partial charge >= 0.3 is 0 Å². The van der Waals surface area contributed by atoms with Gasteiger partial charge in [-0.1, -0.05) is 0 Å². The van der Waals surface area contributed by atoms with Gasteiger partial charge in [-0.05, 0) is 42.1 Å². The molecule has 3 N–H and O–H groups in total. The summed E-state index contributed by atoms with van der Waals surface area (Å²) in [5, 5.41) is 4.41. The third-order valence-corrected chi connectivity index (χ3v) is 3.57. The van der Waals surface area contributed by atoms with E-state index in [0.29, 0.717) is 5.82 Å². The molecule has 2 heterocycles. The normalized spacial score (nSPS) is 10.6. The molecule has 0 fully saturated rings. The number of nitrogens with one attached hydrogen (secondary N) is 1. The van der Waals surface area contributed by atoms with Gasteiger partial charge in [-0.2, -0.15) is 4.37 Å². The molecule has 0 amide bonds. The van der Waals surface area contributed by atoms with Crippen molar-refractivity contribution in [1.82, 2.24) is 9.36 Å². The lowest BCUT2D eigenvalue weighted by molar-refractivity contribution is 0.194. The summed E-state index contributed by atoms with van der Waals surface area (Å²) in [6.45, 7) is 1.69. The lowest BCUT2D eigenvalue weighted by Crippen LogP contribution is -2.03. The number of hydrogen-bond donors (Lipinski definition) is 2. The zero-order valence-electron chi connectivity index (χ0n) is 10.9. The highest BCUT2D eigenvalue weighted by Crippen LogP contribution is 2.36. The van der Waals surface area contributed by atoms with Crippen LogP contribution in [0.3, 0.4) is 0 Å². The van der Waals surface area contributed by atoms with Gasteiger partial charge in [-0.3, -0.25) is 4.98 Å². The smallest absolute Gasteiger partial charge is 0.147 e. The van der Waals surface area contributed by atoms with E-state index in [1.807, 2.05) is 12.1 Å². The Morgan fingerprint density at radius 2 is 2.11 bits per heavy atom. The number of unbranched alkanes of at least 4 members (excludes halogenated alkanes) is 1. The molecule has 0 aromatic carbocycles. The molecule has 2 aromatic heterocycles. The quantitative estimate of drug-likeness (QED) is 0.762. The number of ether oxygens (including phenoxy) is 1. The lowest BCUT2D eigenvalue weighted by atomic mass is 10.1. The van der Waals surface area contributed by atoms with Crippen molar-refractivity contribution in [3.05, 3.63) is 24.5 Å². The number of anilines is 2. The highest BCUT2D eigenvalue weighted by atomic mass is 32.1. The van der Waals surface area contributed by atoms with E-state index in [2.05, 4.69) is 14.7 Å². The van der Waals surface area contributed by atoms with Gasteiger partial charge in [-0.25, -0.2) is 0 Å². The van der Waals surface area contributed by atoms with Crippen LogP contribution in [0.25, 0.3) is 11.1 Å². The zero-order chi connectivity index (χ0) is 13.5. The number of hydrogen-bond acceptors (Lipinski definition) is 6. The van der Waals surface area contributed by atoms with Crippen LogP contribution in [0, 0.1) is 0 Å². The van der Waals surface area contributed by atoms with Crippen LogP contribution in [0.15, 0.2) is 24.5 Å². The van der Waals surface area contributed by atoms with Crippen molar-refractivity contribution in [3.63, 3.8) is 0 Å². The number of nitrogen functional groups attached to an aromatic ring is 1. The average Bonchev–Trinajstić information content (AvgIpc) is 2.81.